The number of benzene rings is 3. The minimum absolute atomic E-state index is 0.462. The highest BCUT2D eigenvalue weighted by atomic mass is 16.5. The van der Waals surface area contributed by atoms with Crippen molar-refractivity contribution in [2.75, 3.05) is 14.2 Å². The summed E-state index contributed by atoms with van der Waals surface area (Å²) in [5.74, 6) is 2.54. The summed E-state index contributed by atoms with van der Waals surface area (Å²) in [6, 6.07) is 17.6. The van der Waals surface area contributed by atoms with Gasteiger partial charge in [-0.05, 0) is 83.5 Å². The van der Waals surface area contributed by atoms with Gasteiger partial charge < -0.3 is 9.47 Å². The Labute approximate surface area is 194 Å². The molecule has 32 heavy (non-hydrogen) atoms. The third-order valence-corrected chi connectivity index (χ3v) is 7.05. The second-order valence-corrected chi connectivity index (χ2v) is 8.89. The molecule has 170 valence electrons. The topological polar surface area (TPSA) is 18.5 Å². The normalized spacial score (nSPS) is 13.0. The van der Waals surface area contributed by atoms with Gasteiger partial charge in [0.05, 0.1) is 14.2 Å². The van der Waals surface area contributed by atoms with Crippen molar-refractivity contribution >= 4 is 0 Å². The van der Waals surface area contributed by atoms with E-state index in [0.29, 0.717) is 11.8 Å². The summed E-state index contributed by atoms with van der Waals surface area (Å²) in [6.45, 7) is 13.7. The van der Waals surface area contributed by atoms with E-state index >= 15 is 0 Å². The van der Waals surface area contributed by atoms with Crippen molar-refractivity contribution in [3.8, 4) is 33.8 Å². The van der Waals surface area contributed by atoms with Crippen LogP contribution < -0.4 is 9.47 Å². The van der Waals surface area contributed by atoms with Gasteiger partial charge in [-0.1, -0.05) is 70.2 Å². The van der Waals surface area contributed by atoms with E-state index in [1.165, 1.54) is 38.9 Å². The van der Waals surface area contributed by atoms with E-state index < -0.39 is 0 Å². The molecule has 2 atom stereocenters. The maximum absolute atomic E-state index is 5.76. The average Bonchev–Trinajstić information content (AvgIpc) is 2.83. The standard InChI is InChI=1S/C30H38O2/c1-9-19(3)25-18-26(20(4)10-2)29(22(6)28(25)23-14-12-11-13-15-23)24-16-17-27(31-7)30(32-8)21(24)5/h11-20H,9-10H2,1-8H3. The summed E-state index contributed by atoms with van der Waals surface area (Å²) >= 11 is 0. The summed E-state index contributed by atoms with van der Waals surface area (Å²) in [7, 11) is 3.42. The molecule has 0 spiro atoms. The van der Waals surface area contributed by atoms with Crippen LogP contribution in [0.4, 0.5) is 0 Å². The molecule has 3 rings (SSSR count). The van der Waals surface area contributed by atoms with Crippen LogP contribution >= 0.6 is 0 Å². The van der Waals surface area contributed by atoms with Gasteiger partial charge in [0.1, 0.15) is 0 Å². The zero-order valence-corrected chi connectivity index (χ0v) is 21.0. The largest absolute Gasteiger partial charge is 0.493 e. The van der Waals surface area contributed by atoms with Crippen LogP contribution in [0.5, 0.6) is 11.5 Å². The molecule has 0 saturated carbocycles. The van der Waals surface area contributed by atoms with Crippen molar-refractivity contribution in [1.82, 2.24) is 0 Å². The van der Waals surface area contributed by atoms with E-state index in [4.69, 9.17) is 9.47 Å². The molecule has 3 aromatic rings. The Hall–Kier alpha value is -2.74. The molecular weight excluding hydrogens is 392 g/mol. The van der Waals surface area contributed by atoms with Gasteiger partial charge in [-0.25, -0.2) is 0 Å². The molecule has 0 aliphatic rings. The van der Waals surface area contributed by atoms with Crippen LogP contribution in [0.2, 0.25) is 0 Å². The lowest BCUT2D eigenvalue weighted by atomic mass is 9.77. The lowest BCUT2D eigenvalue weighted by Crippen LogP contribution is -2.07. The third kappa shape index (κ3) is 4.28. The Balaban J connectivity index is 2.45. The zero-order chi connectivity index (χ0) is 23.4. The molecule has 0 N–H and O–H groups in total. The minimum Gasteiger partial charge on any atom is -0.493 e. The predicted molar refractivity (Wildman–Crippen MR) is 137 cm³/mol. The van der Waals surface area contributed by atoms with E-state index in [2.05, 4.69) is 84.0 Å². The number of ether oxygens (including phenoxy) is 2. The van der Waals surface area contributed by atoms with Crippen LogP contribution in [-0.2, 0) is 0 Å². The summed E-state index contributed by atoms with van der Waals surface area (Å²) in [5.41, 5.74) is 10.6. The summed E-state index contributed by atoms with van der Waals surface area (Å²) < 4.78 is 11.3. The van der Waals surface area contributed by atoms with Gasteiger partial charge in [0.25, 0.3) is 0 Å². The maximum atomic E-state index is 5.76. The molecule has 0 amide bonds. The molecule has 0 fully saturated rings. The van der Waals surface area contributed by atoms with Gasteiger partial charge in [0.2, 0.25) is 0 Å². The lowest BCUT2D eigenvalue weighted by Gasteiger charge is -2.27. The highest BCUT2D eigenvalue weighted by molar-refractivity contribution is 5.86. The van der Waals surface area contributed by atoms with E-state index in [0.717, 1.165) is 29.9 Å². The smallest absolute Gasteiger partial charge is 0.164 e. The molecule has 0 aliphatic carbocycles. The summed E-state index contributed by atoms with van der Waals surface area (Å²) in [5, 5.41) is 0. The van der Waals surface area contributed by atoms with E-state index in [-0.39, 0.29) is 0 Å². The number of rotatable bonds is 8. The van der Waals surface area contributed by atoms with Crippen LogP contribution in [-0.4, -0.2) is 14.2 Å². The van der Waals surface area contributed by atoms with E-state index in [9.17, 15) is 0 Å². The van der Waals surface area contributed by atoms with Crippen LogP contribution in [0.25, 0.3) is 22.3 Å². The van der Waals surface area contributed by atoms with Crippen molar-refractivity contribution in [2.45, 2.75) is 66.2 Å². The van der Waals surface area contributed by atoms with Crippen molar-refractivity contribution in [3.05, 3.63) is 70.8 Å². The van der Waals surface area contributed by atoms with E-state index in [1.54, 1.807) is 14.2 Å². The molecule has 2 nitrogen and oxygen atoms in total. The Morgan fingerprint density at radius 2 is 1.31 bits per heavy atom. The SMILES string of the molecule is CCC(C)c1cc(C(C)CC)c(-c2ccc(OC)c(OC)c2C)c(C)c1-c1ccccc1. The first-order chi connectivity index (χ1) is 15.4. The quantitative estimate of drug-likeness (QED) is 0.356. The minimum atomic E-state index is 0.462. The monoisotopic (exact) mass is 430 g/mol. The first kappa shape index (κ1) is 23.9. The second kappa shape index (κ2) is 10.3. The van der Waals surface area contributed by atoms with Crippen LogP contribution in [0.3, 0.4) is 0 Å². The highest BCUT2D eigenvalue weighted by Gasteiger charge is 2.24. The van der Waals surface area contributed by atoms with Gasteiger partial charge in [0, 0.05) is 5.56 Å². The average molecular weight is 431 g/mol. The molecule has 0 heterocycles. The molecule has 0 bridgehead atoms. The van der Waals surface area contributed by atoms with Gasteiger partial charge in [-0.3, -0.25) is 0 Å². The molecule has 0 aliphatic heterocycles. The summed E-state index contributed by atoms with van der Waals surface area (Å²) in [4.78, 5) is 0. The van der Waals surface area contributed by atoms with Gasteiger partial charge in [-0.2, -0.15) is 0 Å². The van der Waals surface area contributed by atoms with Crippen molar-refractivity contribution in [1.29, 1.82) is 0 Å². The first-order valence-corrected chi connectivity index (χ1v) is 11.8. The fraction of sp³-hybridized carbons (Fsp3) is 0.400. The number of methoxy groups -OCH3 is 2. The number of hydrogen-bond donors (Lipinski definition) is 0. The zero-order valence-electron chi connectivity index (χ0n) is 21.0. The third-order valence-electron chi connectivity index (χ3n) is 7.05. The molecule has 2 heteroatoms. The first-order valence-electron chi connectivity index (χ1n) is 11.8. The Morgan fingerprint density at radius 1 is 0.719 bits per heavy atom. The molecule has 3 aromatic carbocycles. The Bertz CT molecular complexity index is 1070. The van der Waals surface area contributed by atoms with Gasteiger partial charge in [0.15, 0.2) is 11.5 Å². The van der Waals surface area contributed by atoms with Crippen molar-refractivity contribution in [2.24, 2.45) is 0 Å². The van der Waals surface area contributed by atoms with Crippen molar-refractivity contribution < 1.29 is 9.47 Å². The maximum Gasteiger partial charge on any atom is 0.164 e. The van der Waals surface area contributed by atoms with Crippen LogP contribution in [0.15, 0.2) is 48.5 Å². The van der Waals surface area contributed by atoms with Gasteiger partial charge in [-0.15, -0.1) is 0 Å². The van der Waals surface area contributed by atoms with Gasteiger partial charge >= 0.3 is 0 Å². The predicted octanol–water partition coefficient (Wildman–Crippen LogP) is 8.68. The molecular formula is C30H38O2. The fourth-order valence-electron chi connectivity index (χ4n) is 4.78. The van der Waals surface area contributed by atoms with Crippen LogP contribution in [0, 0.1) is 13.8 Å². The second-order valence-electron chi connectivity index (χ2n) is 8.89. The van der Waals surface area contributed by atoms with E-state index in [1.807, 2.05) is 6.07 Å². The molecule has 0 aromatic heterocycles. The van der Waals surface area contributed by atoms with Crippen molar-refractivity contribution in [3.63, 3.8) is 0 Å². The fourth-order valence-corrected chi connectivity index (χ4v) is 4.78. The molecule has 0 saturated heterocycles. The Kier molecular flexibility index (Phi) is 7.66. The highest BCUT2D eigenvalue weighted by Crippen LogP contribution is 2.46. The Morgan fingerprint density at radius 3 is 1.84 bits per heavy atom. The lowest BCUT2D eigenvalue weighted by molar-refractivity contribution is 0.353. The molecule has 2 unspecified atom stereocenters. The molecule has 0 radical (unpaired) electrons. The number of hydrogen-bond acceptors (Lipinski definition) is 2. The van der Waals surface area contributed by atoms with Crippen LogP contribution in [0.1, 0.15) is 74.6 Å². The summed E-state index contributed by atoms with van der Waals surface area (Å²) in [6.07, 6.45) is 2.22.